The van der Waals surface area contributed by atoms with Crippen LogP contribution in [0.2, 0.25) is 0 Å². The van der Waals surface area contributed by atoms with Crippen LogP contribution in [-0.2, 0) is 0 Å². The van der Waals surface area contributed by atoms with E-state index >= 15 is 0 Å². The molecular weight excluding hydrogens is 178 g/mol. The summed E-state index contributed by atoms with van der Waals surface area (Å²) in [6.07, 6.45) is 2.25. The van der Waals surface area contributed by atoms with E-state index in [1.807, 2.05) is 7.05 Å². The molecule has 3 N–H and O–H groups in total. The van der Waals surface area contributed by atoms with Gasteiger partial charge in [-0.1, -0.05) is 13.8 Å². The quantitative estimate of drug-likeness (QED) is 0.703. The Balaban J connectivity index is 2.31. The predicted molar refractivity (Wildman–Crippen MR) is 57.0 cm³/mol. The number of carbonyl (C=O) groups is 1. The number of hydrogen-bond acceptors (Lipinski definition) is 2. The van der Waals surface area contributed by atoms with Crippen LogP contribution in [0.15, 0.2) is 0 Å². The number of rotatable bonds is 4. The molecule has 0 aliphatic heterocycles. The lowest BCUT2D eigenvalue weighted by Crippen LogP contribution is -2.44. The van der Waals surface area contributed by atoms with Gasteiger partial charge in [-0.3, -0.25) is 0 Å². The van der Waals surface area contributed by atoms with Crippen LogP contribution >= 0.6 is 0 Å². The molecular formula is C10H21N3O. The summed E-state index contributed by atoms with van der Waals surface area (Å²) in [7, 11) is 1.81. The molecule has 0 radical (unpaired) electrons. The molecule has 4 nitrogen and oxygen atoms in total. The second kappa shape index (κ2) is 4.17. The van der Waals surface area contributed by atoms with Crippen molar-refractivity contribution < 1.29 is 4.79 Å². The van der Waals surface area contributed by atoms with Gasteiger partial charge in [-0.2, -0.15) is 0 Å². The lowest BCUT2D eigenvalue weighted by molar-refractivity contribution is 0.184. The number of nitrogens with zero attached hydrogens (tertiary/aromatic N) is 1. The molecule has 4 heteroatoms. The van der Waals surface area contributed by atoms with Crippen LogP contribution in [0.1, 0.15) is 26.7 Å². The average molecular weight is 199 g/mol. The van der Waals surface area contributed by atoms with Crippen LogP contribution in [0.4, 0.5) is 4.79 Å². The van der Waals surface area contributed by atoms with Crippen molar-refractivity contribution in [2.24, 2.45) is 11.1 Å². The molecule has 1 rings (SSSR count). The van der Waals surface area contributed by atoms with Crippen molar-refractivity contribution in [2.45, 2.75) is 32.7 Å². The number of carbonyl (C=O) groups excluding carboxylic acids is 1. The van der Waals surface area contributed by atoms with Gasteiger partial charge in [0.15, 0.2) is 0 Å². The van der Waals surface area contributed by atoms with Crippen molar-refractivity contribution in [1.82, 2.24) is 10.2 Å². The van der Waals surface area contributed by atoms with E-state index in [9.17, 15) is 4.79 Å². The van der Waals surface area contributed by atoms with Crippen LogP contribution in [0.3, 0.4) is 0 Å². The van der Waals surface area contributed by atoms with E-state index in [2.05, 4.69) is 19.2 Å². The van der Waals surface area contributed by atoms with Gasteiger partial charge in [0, 0.05) is 19.6 Å². The zero-order chi connectivity index (χ0) is 10.8. The summed E-state index contributed by atoms with van der Waals surface area (Å²) >= 11 is 0. The van der Waals surface area contributed by atoms with E-state index in [0.717, 1.165) is 12.8 Å². The SMILES string of the molecule is CN(CC(C)(C)CN)C(=O)NC1CC1. The highest BCUT2D eigenvalue weighted by Crippen LogP contribution is 2.19. The second-order valence-corrected chi connectivity index (χ2v) is 4.95. The minimum atomic E-state index is -0.00432. The molecule has 1 aliphatic rings. The fraction of sp³-hybridized carbons (Fsp3) is 0.900. The van der Waals surface area contributed by atoms with Crippen molar-refractivity contribution in [3.63, 3.8) is 0 Å². The van der Waals surface area contributed by atoms with Crippen molar-refractivity contribution in [3.8, 4) is 0 Å². The van der Waals surface area contributed by atoms with Gasteiger partial charge in [-0.05, 0) is 24.8 Å². The van der Waals surface area contributed by atoms with Gasteiger partial charge in [0.2, 0.25) is 0 Å². The summed E-state index contributed by atoms with van der Waals surface area (Å²) in [6, 6.07) is 0.444. The van der Waals surface area contributed by atoms with Crippen molar-refractivity contribution in [1.29, 1.82) is 0 Å². The lowest BCUT2D eigenvalue weighted by Gasteiger charge is -2.29. The molecule has 82 valence electrons. The first-order valence-corrected chi connectivity index (χ1v) is 5.16. The van der Waals surface area contributed by atoms with E-state index < -0.39 is 0 Å². The molecule has 1 aliphatic carbocycles. The normalized spacial score (nSPS) is 16.6. The number of nitrogens with one attached hydrogen (secondary N) is 1. The Morgan fingerprint density at radius 2 is 2.14 bits per heavy atom. The molecule has 1 fully saturated rings. The van der Waals surface area contributed by atoms with Gasteiger partial charge in [0.1, 0.15) is 0 Å². The number of nitrogens with two attached hydrogens (primary N) is 1. The molecule has 0 aromatic heterocycles. The van der Waals surface area contributed by atoms with Gasteiger partial charge < -0.3 is 16.0 Å². The Labute approximate surface area is 85.8 Å². The molecule has 0 unspecified atom stereocenters. The number of amides is 2. The fourth-order valence-corrected chi connectivity index (χ4v) is 1.29. The van der Waals surface area contributed by atoms with Crippen LogP contribution < -0.4 is 11.1 Å². The minimum absolute atomic E-state index is 0.00432. The standard InChI is InChI=1S/C10H21N3O/c1-10(2,6-11)7-13(3)9(14)12-8-4-5-8/h8H,4-7,11H2,1-3H3,(H,12,14). The predicted octanol–water partition coefficient (Wildman–Crippen LogP) is 0.775. The van der Waals surface area contributed by atoms with Crippen LogP contribution in [0.25, 0.3) is 0 Å². The molecule has 0 atom stereocenters. The Hall–Kier alpha value is -0.770. The average Bonchev–Trinajstić information content (AvgIpc) is 2.87. The molecule has 0 heterocycles. The second-order valence-electron chi connectivity index (χ2n) is 4.95. The van der Waals surface area contributed by atoms with Crippen LogP contribution in [-0.4, -0.2) is 37.1 Å². The van der Waals surface area contributed by atoms with Crippen molar-refractivity contribution in [3.05, 3.63) is 0 Å². The molecule has 0 saturated heterocycles. The largest absolute Gasteiger partial charge is 0.335 e. The Morgan fingerprint density at radius 1 is 1.57 bits per heavy atom. The Bertz CT molecular complexity index is 211. The van der Waals surface area contributed by atoms with Gasteiger partial charge in [-0.25, -0.2) is 4.79 Å². The maximum Gasteiger partial charge on any atom is 0.317 e. The summed E-state index contributed by atoms with van der Waals surface area (Å²) < 4.78 is 0. The number of hydrogen-bond donors (Lipinski definition) is 2. The molecule has 0 aromatic carbocycles. The van der Waals surface area contributed by atoms with E-state index in [-0.39, 0.29) is 11.4 Å². The van der Waals surface area contributed by atoms with E-state index in [4.69, 9.17) is 5.73 Å². The lowest BCUT2D eigenvalue weighted by atomic mass is 9.93. The summed E-state index contributed by atoms with van der Waals surface area (Å²) in [5.74, 6) is 0. The van der Waals surface area contributed by atoms with E-state index in [1.165, 1.54) is 0 Å². The number of urea groups is 1. The summed E-state index contributed by atoms with van der Waals surface area (Å²) in [6.45, 7) is 5.41. The van der Waals surface area contributed by atoms with Crippen molar-refractivity contribution in [2.75, 3.05) is 20.1 Å². The third-order valence-corrected chi connectivity index (χ3v) is 2.47. The fourth-order valence-electron chi connectivity index (χ4n) is 1.29. The smallest absolute Gasteiger partial charge is 0.317 e. The maximum atomic E-state index is 11.6. The highest BCUT2D eigenvalue weighted by Gasteiger charge is 2.26. The Kier molecular flexibility index (Phi) is 3.37. The molecule has 0 bridgehead atoms. The van der Waals surface area contributed by atoms with Crippen molar-refractivity contribution >= 4 is 6.03 Å². The van der Waals surface area contributed by atoms with Gasteiger partial charge in [0.25, 0.3) is 0 Å². The first-order valence-electron chi connectivity index (χ1n) is 5.16. The molecule has 1 saturated carbocycles. The summed E-state index contributed by atoms with van der Waals surface area (Å²) in [5, 5.41) is 2.95. The van der Waals surface area contributed by atoms with Gasteiger partial charge in [0.05, 0.1) is 0 Å². The summed E-state index contributed by atoms with van der Waals surface area (Å²) in [4.78, 5) is 13.3. The van der Waals surface area contributed by atoms with E-state index in [1.54, 1.807) is 4.90 Å². The van der Waals surface area contributed by atoms with Gasteiger partial charge >= 0.3 is 6.03 Å². The van der Waals surface area contributed by atoms with Gasteiger partial charge in [-0.15, -0.1) is 0 Å². The first-order chi connectivity index (χ1) is 6.44. The van der Waals surface area contributed by atoms with Crippen LogP contribution in [0, 0.1) is 5.41 Å². The molecule has 0 spiro atoms. The third kappa shape index (κ3) is 3.54. The molecule has 14 heavy (non-hydrogen) atoms. The molecule has 0 aromatic rings. The van der Waals surface area contributed by atoms with E-state index in [0.29, 0.717) is 19.1 Å². The molecule has 2 amide bonds. The highest BCUT2D eigenvalue weighted by atomic mass is 16.2. The zero-order valence-electron chi connectivity index (χ0n) is 9.34. The first kappa shape index (κ1) is 11.3. The monoisotopic (exact) mass is 199 g/mol. The maximum absolute atomic E-state index is 11.6. The Morgan fingerprint density at radius 3 is 2.57 bits per heavy atom. The van der Waals surface area contributed by atoms with Crippen LogP contribution in [0.5, 0.6) is 0 Å². The minimum Gasteiger partial charge on any atom is -0.335 e. The highest BCUT2D eigenvalue weighted by molar-refractivity contribution is 5.74. The topological polar surface area (TPSA) is 58.4 Å². The summed E-state index contributed by atoms with van der Waals surface area (Å²) in [5.41, 5.74) is 5.61. The zero-order valence-corrected chi connectivity index (χ0v) is 9.34. The third-order valence-electron chi connectivity index (χ3n) is 2.47.